The quantitative estimate of drug-likeness (QED) is 0.749. The zero-order valence-corrected chi connectivity index (χ0v) is 12.8. The average Bonchev–Trinajstić information content (AvgIpc) is 2.62. The summed E-state index contributed by atoms with van der Waals surface area (Å²) in [5.74, 6) is -0.252. The van der Waals surface area contributed by atoms with E-state index in [1.165, 1.54) is 6.08 Å². The van der Waals surface area contributed by atoms with Gasteiger partial charge in [0.05, 0.1) is 35.4 Å². The fraction of sp³-hybridized carbons (Fsp3) is 0.0526. The molecular weight excluding hydrogens is 300 g/mol. The van der Waals surface area contributed by atoms with Gasteiger partial charge in [-0.1, -0.05) is 24.3 Å². The molecule has 0 unspecified atom stereocenters. The second kappa shape index (κ2) is 7.16. The van der Waals surface area contributed by atoms with Crippen LogP contribution in [-0.2, 0) is 11.2 Å². The summed E-state index contributed by atoms with van der Waals surface area (Å²) in [7, 11) is 0. The van der Waals surface area contributed by atoms with E-state index in [4.69, 9.17) is 5.26 Å². The Hall–Kier alpha value is -3.52. The Kier molecular flexibility index (Phi) is 4.59. The Morgan fingerprint density at radius 3 is 2.62 bits per heavy atom. The van der Waals surface area contributed by atoms with Crippen LogP contribution in [0.15, 0.2) is 60.8 Å². The number of para-hydroxylation sites is 2. The minimum atomic E-state index is -0.252. The van der Waals surface area contributed by atoms with Crippen LogP contribution < -0.4 is 5.32 Å². The van der Waals surface area contributed by atoms with Crippen LogP contribution in [0.1, 0.15) is 11.3 Å². The lowest BCUT2D eigenvalue weighted by atomic mass is 10.1. The lowest BCUT2D eigenvalue weighted by molar-refractivity contribution is -0.111. The molecule has 0 saturated carbocycles. The zero-order chi connectivity index (χ0) is 16.8. The molecule has 5 heteroatoms. The number of anilines is 1. The molecule has 0 aliphatic heterocycles. The Morgan fingerprint density at radius 2 is 1.88 bits per heavy atom. The molecule has 1 N–H and O–H groups in total. The van der Waals surface area contributed by atoms with Crippen molar-refractivity contribution in [3.05, 3.63) is 72.1 Å². The number of nitriles is 1. The van der Waals surface area contributed by atoms with Gasteiger partial charge in [0.25, 0.3) is 0 Å². The van der Waals surface area contributed by atoms with Gasteiger partial charge in [0.15, 0.2) is 0 Å². The van der Waals surface area contributed by atoms with Crippen molar-refractivity contribution in [1.82, 2.24) is 9.97 Å². The minimum absolute atomic E-state index is 0.252. The van der Waals surface area contributed by atoms with Crippen molar-refractivity contribution in [2.45, 2.75) is 6.42 Å². The maximum atomic E-state index is 12.0. The summed E-state index contributed by atoms with van der Waals surface area (Å²) >= 11 is 0. The topological polar surface area (TPSA) is 78.7 Å². The van der Waals surface area contributed by atoms with Crippen LogP contribution in [0.25, 0.3) is 17.1 Å². The van der Waals surface area contributed by atoms with E-state index in [1.807, 2.05) is 36.4 Å². The molecule has 0 fully saturated rings. The smallest absolute Gasteiger partial charge is 0.248 e. The van der Waals surface area contributed by atoms with Crippen molar-refractivity contribution in [3.8, 4) is 6.07 Å². The number of hydrogen-bond donors (Lipinski definition) is 1. The fourth-order valence-corrected chi connectivity index (χ4v) is 2.19. The highest BCUT2D eigenvalue weighted by Gasteiger charge is 2.00. The third-order valence-corrected chi connectivity index (χ3v) is 3.38. The van der Waals surface area contributed by atoms with Crippen molar-refractivity contribution in [1.29, 1.82) is 5.26 Å². The number of benzene rings is 2. The van der Waals surface area contributed by atoms with Crippen molar-refractivity contribution in [2.24, 2.45) is 0 Å². The van der Waals surface area contributed by atoms with Gasteiger partial charge in [-0.15, -0.1) is 0 Å². The second-order valence-electron chi connectivity index (χ2n) is 5.14. The largest absolute Gasteiger partial charge is 0.323 e. The summed E-state index contributed by atoms with van der Waals surface area (Å²) < 4.78 is 0. The number of amides is 1. The maximum absolute atomic E-state index is 12.0. The monoisotopic (exact) mass is 314 g/mol. The Morgan fingerprint density at radius 1 is 1.12 bits per heavy atom. The molecule has 1 amide bonds. The number of fused-ring (bicyclic) bond motifs is 1. The number of rotatable bonds is 4. The van der Waals surface area contributed by atoms with Gasteiger partial charge in [0, 0.05) is 11.8 Å². The van der Waals surface area contributed by atoms with Crippen molar-refractivity contribution < 1.29 is 4.79 Å². The molecule has 0 spiro atoms. The number of nitrogens with one attached hydrogen (secondary N) is 1. The van der Waals surface area contributed by atoms with E-state index in [1.54, 1.807) is 24.4 Å². The van der Waals surface area contributed by atoms with Gasteiger partial charge in [0.1, 0.15) is 0 Å². The highest BCUT2D eigenvalue weighted by atomic mass is 16.1. The van der Waals surface area contributed by atoms with Crippen LogP contribution >= 0.6 is 0 Å². The lowest BCUT2D eigenvalue weighted by Gasteiger charge is -2.03. The van der Waals surface area contributed by atoms with Crippen molar-refractivity contribution in [2.75, 3.05) is 5.32 Å². The average molecular weight is 314 g/mol. The van der Waals surface area contributed by atoms with Crippen LogP contribution in [-0.4, -0.2) is 15.9 Å². The van der Waals surface area contributed by atoms with Crippen LogP contribution in [0.3, 0.4) is 0 Å². The van der Waals surface area contributed by atoms with E-state index in [0.29, 0.717) is 17.8 Å². The van der Waals surface area contributed by atoms with E-state index in [9.17, 15) is 4.79 Å². The molecule has 3 rings (SSSR count). The first-order valence-corrected chi connectivity index (χ1v) is 7.41. The van der Waals surface area contributed by atoms with Gasteiger partial charge < -0.3 is 5.32 Å². The number of carbonyl (C=O) groups excluding carboxylic acids is 1. The van der Waals surface area contributed by atoms with Gasteiger partial charge in [-0.25, -0.2) is 4.98 Å². The van der Waals surface area contributed by atoms with Crippen molar-refractivity contribution in [3.63, 3.8) is 0 Å². The lowest BCUT2D eigenvalue weighted by Crippen LogP contribution is -2.07. The summed E-state index contributed by atoms with van der Waals surface area (Å²) in [6, 6.07) is 16.8. The Balaban J connectivity index is 1.66. The number of carbonyl (C=O) groups is 1. The second-order valence-corrected chi connectivity index (χ2v) is 5.14. The molecule has 0 saturated heterocycles. The standard InChI is InChI=1S/C19H14N4O/c20-12-11-14-5-7-15(8-6-14)23-19(24)10-9-16-13-21-17-3-1-2-4-18(17)22-16/h1-10,13H,11H2,(H,23,24)/b10-9+. The van der Waals surface area contributed by atoms with Gasteiger partial charge >= 0.3 is 0 Å². The number of hydrogen-bond acceptors (Lipinski definition) is 4. The van der Waals surface area contributed by atoms with Gasteiger partial charge in [0.2, 0.25) is 5.91 Å². The minimum Gasteiger partial charge on any atom is -0.323 e. The number of aromatic nitrogens is 2. The van der Waals surface area contributed by atoms with E-state index < -0.39 is 0 Å². The molecule has 0 aliphatic rings. The van der Waals surface area contributed by atoms with Crippen LogP contribution in [0.4, 0.5) is 5.69 Å². The molecule has 1 aromatic heterocycles. The maximum Gasteiger partial charge on any atom is 0.248 e. The highest BCUT2D eigenvalue weighted by molar-refractivity contribution is 6.01. The molecule has 0 bridgehead atoms. The molecule has 3 aromatic rings. The predicted molar refractivity (Wildman–Crippen MR) is 93.0 cm³/mol. The molecule has 0 atom stereocenters. The SMILES string of the molecule is N#CCc1ccc(NC(=O)/C=C/c2cnc3ccccc3n2)cc1. The summed E-state index contributed by atoms with van der Waals surface area (Å²) in [5, 5.41) is 11.4. The van der Waals surface area contributed by atoms with Gasteiger partial charge in [-0.3, -0.25) is 9.78 Å². The molecule has 2 aromatic carbocycles. The molecular formula is C19H14N4O. The first kappa shape index (κ1) is 15.4. The highest BCUT2D eigenvalue weighted by Crippen LogP contribution is 2.11. The third kappa shape index (κ3) is 3.81. The normalized spacial score (nSPS) is 10.6. The van der Waals surface area contributed by atoms with Gasteiger partial charge in [-0.2, -0.15) is 5.26 Å². The molecule has 1 heterocycles. The summed E-state index contributed by atoms with van der Waals surface area (Å²) in [4.78, 5) is 20.7. The first-order chi connectivity index (χ1) is 11.7. The predicted octanol–water partition coefficient (Wildman–Crippen LogP) is 3.35. The number of nitrogens with zero attached hydrogens (tertiary/aromatic N) is 3. The van der Waals surface area contributed by atoms with Crippen molar-refractivity contribution >= 4 is 28.7 Å². The molecule has 24 heavy (non-hydrogen) atoms. The van der Waals surface area contributed by atoms with E-state index in [2.05, 4.69) is 21.4 Å². The first-order valence-electron chi connectivity index (χ1n) is 7.41. The fourth-order valence-electron chi connectivity index (χ4n) is 2.19. The third-order valence-electron chi connectivity index (χ3n) is 3.38. The van der Waals surface area contributed by atoms with Crippen LogP contribution in [0.2, 0.25) is 0 Å². The molecule has 116 valence electrons. The molecule has 0 aliphatic carbocycles. The van der Waals surface area contributed by atoms with Crippen LogP contribution in [0.5, 0.6) is 0 Å². The van der Waals surface area contributed by atoms with E-state index in [-0.39, 0.29) is 5.91 Å². The van der Waals surface area contributed by atoms with E-state index in [0.717, 1.165) is 16.6 Å². The molecule has 0 radical (unpaired) electrons. The Bertz CT molecular complexity index is 939. The Labute approximate surface area is 139 Å². The van der Waals surface area contributed by atoms with Gasteiger partial charge in [-0.05, 0) is 35.9 Å². The summed E-state index contributed by atoms with van der Waals surface area (Å²) in [5.41, 5.74) is 3.81. The molecule has 5 nitrogen and oxygen atoms in total. The van der Waals surface area contributed by atoms with Crippen LogP contribution in [0, 0.1) is 11.3 Å². The summed E-state index contributed by atoms with van der Waals surface area (Å²) in [6.45, 7) is 0. The summed E-state index contributed by atoms with van der Waals surface area (Å²) in [6.07, 6.45) is 5.03. The zero-order valence-electron chi connectivity index (χ0n) is 12.8. The van der Waals surface area contributed by atoms with E-state index >= 15 is 0 Å².